The Morgan fingerprint density at radius 3 is 2.27 bits per heavy atom. The van der Waals surface area contributed by atoms with Crippen LogP contribution in [-0.4, -0.2) is 26.8 Å². The van der Waals surface area contributed by atoms with Crippen LogP contribution >= 0.6 is 11.6 Å². The lowest BCUT2D eigenvalue weighted by Gasteiger charge is -2.18. The van der Waals surface area contributed by atoms with E-state index in [1.54, 1.807) is 19.9 Å². The molecule has 5 nitrogen and oxygen atoms in total. The third kappa shape index (κ3) is 3.16. The first-order chi connectivity index (χ1) is 12.2. The van der Waals surface area contributed by atoms with Crippen LogP contribution in [0.2, 0.25) is 5.02 Å². The molecule has 1 heterocycles. The summed E-state index contributed by atoms with van der Waals surface area (Å²) in [7, 11) is -2.36. The van der Waals surface area contributed by atoms with Crippen LogP contribution in [-0.2, 0) is 19.6 Å². The van der Waals surface area contributed by atoms with E-state index in [4.69, 9.17) is 16.3 Å². The van der Waals surface area contributed by atoms with Crippen molar-refractivity contribution < 1.29 is 17.9 Å². The Kier molecular flexibility index (Phi) is 4.69. The molecule has 3 rings (SSSR count). The Hall–Kier alpha value is -2.15. The van der Waals surface area contributed by atoms with Gasteiger partial charge in [-0.3, -0.25) is 4.79 Å². The minimum absolute atomic E-state index is 0.0316. The topological polar surface area (TPSA) is 72.5 Å². The molecule has 0 amide bonds. The van der Waals surface area contributed by atoms with E-state index >= 15 is 0 Å². The van der Waals surface area contributed by atoms with Gasteiger partial charge in [0.1, 0.15) is 10.7 Å². The minimum Gasteiger partial charge on any atom is -0.478 e. The van der Waals surface area contributed by atoms with Crippen molar-refractivity contribution in [1.82, 2.24) is 4.72 Å². The van der Waals surface area contributed by atoms with Gasteiger partial charge in [0, 0.05) is 5.56 Å². The Morgan fingerprint density at radius 1 is 1.04 bits per heavy atom. The van der Waals surface area contributed by atoms with Gasteiger partial charge in [-0.05, 0) is 44.7 Å². The van der Waals surface area contributed by atoms with Gasteiger partial charge in [0.15, 0.2) is 5.60 Å². The van der Waals surface area contributed by atoms with E-state index in [-0.39, 0.29) is 15.7 Å². The molecule has 0 aliphatic carbocycles. The van der Waals surface area contributed by atoms with Gasteiger partial charge in [0.25, 0.3) is 0 Å². The van der Waals surface area contributed by atoms with Crippen molar-refractivity contribution in [3.63, 3.8) is 0 Å². The zero-order chi connectivity index (χ0) is 19.1. The number of carbonyl (C=O) groups is 1. The molecule has 2 aromatic carbocycles. The molecule has 26 heavy (non-hydrogen) atoms. The van der Waals surface area contributed by atoms with Crippen LogP contribution in [0.5, 0.6) is 0 Å². The summed E-state index contributed by atoms with van der Waals surface area (Å²) >= 11 is 6.19. The Bertz CT molecular complexity index is 1010. The molecular formula is C19H18ClNO4S. The summed E-state index contributed by atoms with van der Waals surface area (Å²) in [6.07, 6.45) is 0. The third-order valence-electron chi connectivity index (χ3n) is 4.17. The number of nitrogens with one attached hydrogen (secondary N) is 1. The van der Waals surface area contributed by atoms with E-state index < -0.39 is 15.6 Å². The highest BCUT2D eigenvalue weighted by Crippen LogP contribution is 2.42. The van der Waals surface area contributed by atoms with Gasteiger partial charge >= 0.3 is 0 Å². The summed E-state index contributed by atoms with van der Waals surface area (Å²) < 4.78 is 32.2. The predicted molar refractivity (Wildman–Crippen MR) is 101 cm³/mol. The monoisotopic (exact) mass is 391 g/mol. The van der Waals surface area contributed by atoms with Gasteiger partial charge in [-0.1, -0.05) is 41.9 Å². The Morgan fingerprint density at radius 2 is 1.69 bits per heavy atom. The van der Waals surface area contributed by atoms with E-state index in [9.17, 15) is 13.2 Å². The SMILES string of the molecule is CNS(=O)(=O)c1ccc(C2=C(c3ccccc3)C(=O)C(C)(C)O2)cc1Cl. The van der Waals surface area contributed by atoms with Crippen molar-refractivity contribution in [2.75, 3.05) is 7.05 Å². The summed E-state index contributed by atoms with van der Waals surface area (Å²) in [4.78, 5) is 12.8. The smallest absolute Gasteiger partial charge is 0.241 e. The molecular weight excluding hydrogens is 374 g/mol. The molecule has 0 spiro atoms. The van der Waals surface area contributed by atoms with E-state index in [0.29, 0.717) is 16.9 Å². The number of hydrogen-bond donors (Lipinski definition) is 1. The first-order valence-electron chi connectivity index (χ1n) is 7.94. The molecule has 136 valence electrons. The maximum Gasteiger partial charge on any atom is 0.241 e. The number of ketones is 1. The second kappa shape index (κ2) is 6.54. The summed E-state index contributed by atoms with van der Waals surface area (Å²) in [5, 5.41) is 0.0533. The second-order valence-corrected chi connectivity index (χ2v) is 8.63. The van der Waals surface area contributed by atoms with Crippen LogP contribution in [0, 0.1) is 0 Å². The molecule has 0 radical (unpaired) electrons. The average molecular weight is 392 g/mol. The molecule has 0 saturated heterocycles. The third-order valence-corrected chi connectivity index (χ3v) is 6.07. The fraction of sp³-hybridized carbons (Fsp3) is 0.211. The van der Waals surface area contributed by atoms with Crippen LogP contribution in [0.25, 0.3) is 11.3 Å². The maximum atomic E-state index is 12.8. The molecule has 0 saturated carbocycles. The second-order valence-electron chi connectivity index (χ2n) is 6.36. The number of rotatable bonds is 4. The number of Topliss-reactive ketones (excluding diaryl/α,β-unsaturated/α-hetero) is 1. The fourth-order valence-corrected chi connectivity index (χ4v) is 4.06. The molecule has 0 fully saturated rings. The number of carbonyl (C=O) groups excluding carboxylic acids is 1. The molecule has 1 aliphatic rings. The highest BCUT2D eigenvalue weighted by atomic mass is 35.5. The minimum atomic E-state index is -3.67. The largest absolute Gasteiger partial charge is 0.478 e. The molecule has 1 aliphatic heterocycles. The molecule has 7 heteroatoms. The van der Waals surface area contributed by atoms with Crippen molar-refractivity contribution in [2.45, 2.75) is 24.3 Å². The first-order valence-corrected chi connectivity index (χ1v) is 9.80. The van der Waals surface area contributed by atoms with Gasteiger partial charge in [-0.15, -0.1) is 0 Å². The van der Waals surface area contributed by atoms with Gasteiger partial charge in [0.2, 0.25) is 15.8 Å². The van der Waals surface area contributed by atoms with Gasteiger partial charge in [-0.25, -0.2) is 13.1 Å². The number of sulfonamides is 1. The lowest BCUT2D eigenvalue weighted by molar-refractivity contribution is -0.125. The lowest BCUT2D eigenvalue weighted by atomic mass is 9.93. The quantitative estimate of drug-likeness (QED) is 0.865. The Labute approximate surface area is 157 Å². The number of hydrogen-bond acceptors (Lipinski definition) is 4. The van der Waals surface area contributed by atoms with Crippen LogP contribution in [0.4, 0.5) is 0 Å². The number of halogens is 1. The van der Waals surface area contributed by atoms with Crippen molar-refractivity contribution >= 4 is 38.7 Å². The van der Waals surface area contributed by atoms with Crippen LogP contribution in [0.1, 0.15) is 25.0 Å². The van der Waals surface area contributed by atoms with E-state index in [1.165, 1.54) is 19.2 Å². The van der Waals surface area contributed by atoms with Crippen molar-refractivity contribution in [3.8, 4) is 0 Å². The van der Waals surface area contributed by atoms with Crippen LogP contribution < -0.4 is 4.72 Å². The number of ether oxygens (including phenoxy) is 1. The van der Waals surface area contributed by atoms with Gasteiger partial charge in [-0.2, -0.15) is 0 Å². The highest BCUT2D eigenvalue weighted by Gasteiger charge is 2.42. The van der Waals surface area contributed by atoms with Crippen molar-refractivity contribution in [1.29, 1.82) is 0 Å². The van der Waals surface area contributed by atoms with Gasteiger partial charge < -0.3 is 4.74 Å². The highest BCUT2D eigenvalue weighted by molar-refractivity contribution is 7.89. The lowest BCUT2D eigenvalue weighted by Crippen LogP contribution is -2.29. The summed E-state index contributed by atoms with van der Waals surface area (Å²) in [6, 6.07) is 13.7. The van der Waals surface area contributed by atoms with E-state index in [1.807, 2.05) is 30.3 Å². The zero-order valence-corrected chi connectivity index (χ0v) is 16.1. The molecule has 1 N–H and O–H groups in total. The van der Waals surface area contributed by atoms with E-state index in [2.05, 4.69) is 4.72 Å². The van der Waals surface area contributed by atoms with Gasteiger partial charge in [0.05, 0.1) is 10.6 Å². The summed E-state index contributed by atoms with van der Waals surface area (Å²) in [6.45, 7) is 3.40. The molecule has 0 bridgehead atoms. The standard InChI is InChI=1S/C19H18ClNO4S/c1-19(2)18(22)16(12-7-5-4-6-8-12)17(25-19)13-9-10-15(14(20)11-13)26(23,24)21-3/h4-11,21H,1-3H3. The zero-order valence-electron chi connectivity index (χ0n) is 14.5. The fourth-order valence-electron chi connectivity index (χ4n) is 2.80. The average Bonchev–Trinajstić information content (AvgIpc) is 2.85. The molecule has 0 atom stereocenters. The first kappa shape index (κ1) is 18.6. The molecule has 2 aromatic rings. The van der Waals surface area contributed by atoms with Crippen molar-refractivity contribution in [2.24, 2.45) is 0 Å². The molecule has 0 aromatic heterocycles. The predicted octanol–water partition coefficient (Wildman–Crippen LogP) is 3.49. The molecule has 0 unspecified atom stereocenters. The summed E-state index contributed by atoms with van der Waals surface area (Å²) in [5.41, 5.74) is 0.725. The normalized spacial score (nSPS) is 16.7. The van der Waals surface area contributed by atoms with Crippen LogP contribution in [0.3, 0.4) is 0 Å². The van der Waals surface area contributed by atoms with E-state index in [0.717, 1.165) is 5.56 Å². The van der Waals surface area contributed by atoms with Crippen molar-refractivity contribution in [3.05, 3.63) is 64.7 Å². The Balaban J connectivity index is 2.18. The van der Waals surface area contributed by atoms with Crippen LogP contribution in [0.15, 0.2) is 53.4 Å². The summed E-state index contributed by atoms with van der Waals surface area (Å²) in [5.74, 6) is 0.253. The maximum absolute atomic E-state index is 12.8. The number of benzene rings is 2.